The summed E-state index contributed by atoms with van der Waals surface area (Å²) in [5.41, 5.74) is 0.856. The zero-order valence-corrected chi connectivity index (χ0v) is 15.6. The van der Waals surface area contributed by atoms with E-state index in [9.17, 15) is 18.4 Å². The van der Waals surface area contributed by atoms with Crippen LogP contribution in [0, 0.1) is 11.6 Å². The standard InChI is InChI=1S/C21H19F2N3O3/c1-14(29-18-4-2-3-17(23)13-18)21(28)24-11-12-26-20(27)10-9-19(25-26)15-5-7-16(22)8-6-15/h2-10,13-14H,11-12H2,1H3,(H,24,28). The summed E-state index contributed by atoms with van der Waals surface area (Å²) in [5, 5.41) is 6.90. The summed E-state index contributed by atoms with van der Waals surface area (Å²) in [6, 6.07) is 14.2. The predicted molar refractivity (Wildman–Crippen MR) is 103 cm³/mol. The molecule has 1 atom stereocenters. The van der Waals surface area contributed by atoms with Gasteiger partial charge in [0.1, 0.15) is 17.4 Å². The highest BCUT2D eigenvalue weighted by molar-refractivity contribution is 5.80. The number of hydrogen-bond acceptors (Lipinski definition) is 4. The van der Waals surface area contributed by atoms with E-state index in [1.165, 1.54) is 41.1 Å². The highest BCUT2D eigenvalue weighted by atomic mass is 19.1. The molecule has 3 rings (SSSR count). The summed E-state index contributed by atoms with van der Waals surface area (Å²) in [6.07, 6.45) is -0.841. The van der Waals surface area contributed by atoms with E-state index in [1.807, 2.05) is 0 Å². The fraction of sp³-hybridized carbons (Fsp3) is 0.190. The molecule has 0 aliphatic rings. The third-order valence-electron chi connectivity index (χ3n) is 4.11. The van der Waals surface area contributed by atoms with Gasteiger partial charge in [0.05, 0.1) is 12.2 Å². The van der Waals surface area contributed by atoms with Crippen LogP contribution in [0.2, 0.25) is 0 Å². The largest absolute Gasteiger partial charge is 0.481 e. The van der Waals surface area contributed by atoms with E-state index in [2.05, 4.69) is 10.4 Å². The Morgan fingerprint density at radius 1 is 1.10 bits per heavy atom. The lowest BCUT2D eigenvalue weighted by Crippen LogP contribution is -2.39. The average molecular weight is 399 g/mol. The van der Waals surface area contributed by atoms with Crippen LogP contribution in [0.15, 0.2) is 65.5 Å². The van der Waals surface area contributed by atoms with Crippen molar-refractivity contribution in [1.29, 1.82) is 0 Å². The van der Waals surface area contributed by atoms with Gasteiger partial charge in [-0.25, -0.2) is 13.5 Å². The third kappa shape index (κ3) is 5.47. The summed E-state index contributed by atoms with van der Waals surface area (Å²) >= 11 is 0. The molecule has 150 valence electrons. The van der Waals surface area contributed by atoms with Gasteiger partial charge < -0.3 is 10.1 Å². The van der Waals surface area contributed by atoms with Crippen LogP contribution in [0.4, 0.5) is 8.78 Å². The maximum Gasteiger partial charge on any atom is 0.266 e. The highest BCUT2D eigenvalue weighted by Crippen LogP contribution is 2.16. The second-order valence-electron chi connectivity index (χ2n) is 6.30. The van der Waals surface area contributed by atoms with Crippen LogP contribution in [0.3, 0.4) is 0 Å². The highest BCUT2D eigenvalue weighted by Gasteiger charge is 2.14. The molecule has 29 heavy (non-hydrogen) atoms. The quantitative estimate of drug-likeness (QED) is 0.663. The molecule has 1 heterocycles. The Balaban J connectivity index is 1.58. The maximum absolute atomic E-state index is 13.2. The Labute approximate surface area is 165 Å². The Hall–Kier alpha value is -3.55. The smallest absolute Gasteiger partial charge is 0.266 e. The first-order valence-electron chi connectivity index (χ1n) is 8.96. The summed E-state index contributed by atoms with van der Waals surface area (Å²) in [5.74, 6) is -0.976. The number of amides is 1. The zero-order valence-electron chi connectivity index (χ0n) is 15.6. The van der Waals surface area contributed by atoms with Gasteiger partial charge in [-0.15, -0.1) is 0 Å². The van der Waals surface area contributed by atoms with Crippen molar-refractivity contribution in [2.24, 2.45) is 0 Å². The molecule has 0 aliphatic heterocycles. The average Bonchev–Trinajstić information content (AvgIpc) is 2.70. The van der Waals surface area contributed by atoms with Gasteiger partial charge in [0.2, 0.25) is 0 Å². The minimum absolute atomic E-state index is 0.145. The van der Waals surface area contributed by atoms with E-state index in [0.717, 1.165) is 0 Å². The topological polar surface area (TPSA) is 73.2 Å². The molecule has 0 spiro atoms. The van der Waals surface area contributed by atoms with Crippen molar-refractivity contribution >= 4 is 5.91 Å². The number of aromatic nitrogens is 2. The molecule has 1 N–H and O–H groups in total. The second-order valence-corrected chi connectivity index (χ2v) is 6.30. The summed E-state index contributed by atoms with van der Waals surface area (Å²) in [6.45, 7) is 1.83. The molecule has 0 aliphatic carbocycles. The molecule has 1 amide bonds. The van der Waals surface area contributed by atoms with Crippen LogP contribution in [-0.4, -0.2) is 28.3 Å². The van der Waals surface area contributed by atoms with Crippen LogP contribution >= 0.6 is 0 Å². The summed E-state index contributed by atoms with van der Waals surface area (Å²) in [4.78, 5) is 24.2. The summed E-state index contributed by atoms with van der Waals surface area (Å²) in [7, 11) is 0. The SMILES string of the molecule is CC(Oc1cccc(F)c1)C(=O)NCCn1nc(-c2ccc(F)cc2)ccc1=O. The number of ether oxygens (including phenoxy) is 1. The van der Waals surface area contributed by atoms with Crippen LogP contribution in [0.5, 0.6) is 5.75 Å². The molecule has 0 saturated carbocycles. The van der Waals surface area contributed by atoms with Gasteiger partial charge in [0.15, 0.2) is 6.10 Å². The van der Waals surface area contributed by atoms with Gasteiger partial charge in [-0.1, -0.05) is 6.07 Å². The maximum atomic E-state index is 13.2. The van der Waals surface area contributed by atoms with Crippen LogP contribution in [-0.2, 0) is 11.3 Å². The van der Waals surface area contributed by atoms with E-state index in [0.29, 0.717) is 11.3 Å². The number of halogens is 2. The Bertz CT molecular complexity index is 1050. The van der Waals surface area contributed by atoms with Crippen molar-refractivity contribution in [3.8, 4) is 17.0 Å². The first kappa shape index (κ1) is 20.2. The predicted octanol–water partition coefficient (Wildman–Crippen LogP) is 2.77. The molecule has 3 aromatic rings. The molecule has 0 radical (unpaired) electrons. The second kappa shape index (κ2) is 9.09. The van der Waals surface area contributed by atoms with Crippen molar-refractivity contribution in [2.45, 2.75) is 19.6 Å². The van der Waals surface area contributed by atoms with Gasteiger partial charge in [-0.3, -0.25) is 9.59 Å². The van der Waals surface area contributed by atoms with Gasteiger partial charge >= 0.3 is 0 Å². The van der Waals surface area contributed by atoms with Crippen LogP contribution < -0.4 is 15.6 Å². The fourth-order valence-electron chi connectivity index (χ4n) is 2.61. The third-order valence-corrected chi connectivity index (χ3v) is 4.11. The molecule has 0 bridgehead atoms. The normalized spacial score (nSPS) is 11.7. The number of benzene rings is 2. The lowest BCUT2D eigenvalue weighted by Gasteiger charge is -2.15. The van der Waals surface area contributed by atoms with Crippen molar-refractivity contribution in [2.75, 3.05) is 6.54 Å². The lowest BCUT2D eigenvalue weighted by atomic mass is 10.1. The molecule has 2 aromatic carbocycles. The van der Waals surface area contributed by atoms with Gasteiger partial charge in [0, 0.05) is 24.2 Å². The number of hydrogen-bond donors (Lipinski definition) is 1. The molecule has 6 nitrogen and oxygen atoms in total. The molecule has 0 fully saturated rings. The van der Waals surface area contributed by atoms with Gasteiger partial charge in [-0.05, 0) is 49.4 Å². The zero-order chi connectivity index (χ0) is 20.8. The Morgan fingerprint density at radius 3 is 2.59 bits per heavy atom. The molecule has 1 unspecified atom stereocenters. The van der Waals surface area contributed by atoms with Gasteiger partial charge in [0.25, 0.3) is 11.5 Å². The Morgan fingerprint density at radius 2 is 1.86 bits per heavy atom. The molecule has 1 aromatic heterocycles. The van der Waals surface area contributed by atoms with E-state index in [4.69, 9.17) is 4.74 Å². The van der Waals surface area contributed by atoms with E-state index in [-0.39, 0.29) is 30.2 Å². The number of carbonyl (C=O) groups is 1. The van der Waals surface area contributed by atoms with Crippen LogP contribution in [0.1, 0.15) is 6.92 Å². The van der Waals surface area contributed by atoms with Gasteiger partial charge in [-0.2, -0.15) is 5.10 Å². The Kier molecular flexibility index (Phi) is 6.33. The monoisotopic (exact) mass is 399 g/mol. The van der Waals surface area contributed by atoms with Crippen LogP contribution in [0.25, 0.3) is 11.3 Å². The van der Waals surface area contributed by atoms with E-state index >= 15 is 0 Å². The van der Waals surface area contributed by atoms with Crippen molar-refractivity contribution in [1.82, 2.24) is 15.1 Å². The van der Waals surface area contributed by atoms with Crippen molar-refractivity contribution in [3.63, 3.8) is 0 Å². The first-order valence-corrected chi connectivity index (χ1v) is 8.96. The molecular formula is C21H19F2N3O3. The van der Waals surface area contributed by atoms with E-state index in [1.54, 1.807) is 31.2 Å². The van der Waals surface area contributed by atoms with Crippen molar-refractivity contribution in [3.05, 3.63) is 82.7 Å². The molecule has 0 saturated heterocycles. The number of rotatable bonds is 7. The fourth-order valence-corrected chi connectivity index (χ4v) is 2.61. The molecular weight excluding hydrogens is 380 g/mol. The number of nitrogens with zero attached hydrogens (tertiary/aromatic N) is 2. The van der Waals surface area contributed by atoms with Crippen molar-refractivity contribution < 1.29 is 18.3 Å². The molecule has 8 heteroatoms. The first-order chi connectivity index (χ1) is 13.9. The number of nitrogens with one attached hydrogen (secondary N) is 1. The minimum atomic E-state index is -0.841. The van der Waals surface area contributed by atoms with E-state index < -0.39 is 17.8 Å². The summed E-state index contributed by atoms with van der Waals surface area (Å²) < 4.78 is 32.9. The minimum Gasteiger partial charge on any atom is -0.481 e. The lowest BCUT2D eigenvalue weighted by molar-refractivity contribution is -0.127. The number of carbonyl (C=O) groups excluding carboxylic acids is 1.